The fourth-order valence-corrected chi connectivity index (χ4v) is 0.811. The van der Waals surface area contributed by atoms with E-state index in [2.05, 4.69) is 17.2 Å². The maximum Gasteiger partial charge on any atom is 0.224 e. The molecule has 0 fully saturated rings. The average molecular weight is 170 g/mol. The third kappa shape index (κ3) is 4.91. The summed E-state index contributed by atoms with van der Waals surface area (Å²) in [6, 6.07) is 0. The van der Waals surface area contributed by atoms with Gasteiger partial charge in [0.15, 0.2) is 0 Å². The molecule has 0 heterocycles. The Morgan fingerprint density at radius 1 is 1.58 bits per heavy atom. The van der Waals surface area contributed by atoms with E-state index < -0.39 is 0 Å². The molecule has 0 aliphatic rings. The molecule has 1 atom stereocenters. The molecule has 0 aliphatic carbocycles. The lowest BCUT2D eigenvalue weighted by molar-refractivity contribution is -0.124. The highest BCUT2D eigenvalue weighted by atomic mass is 16.1. The zero-order valence-corrected chi connectivity index (χ0v) is 8.11. The molecule has 70 valence electrons. The Labute approximate surface area is 74.2 Å². The normalized spacial score (nSPS) is 12.2. The molecule has 0 aromatic rings. The maximum atomic E-state index is 11.2. The van der Waals surface area contributed by atoms with Crippen LogP contribution in [0.5, 0.6) is 0 Å². The number of nitrogens with one attached hydrogen (secondary N) is 2. The summed E-state index contributed by atoms with van der Waals surface area (Å²) in [7, 11) is 1.84. The summed E-state index contributed by atoms with van der Waals surface area (Å²) in [4.78, 5) is 11.2. The first kappa shape index (κ1) is 11.2. The number of carbonyl (C=O) groups excluding carboxylic acids is 1. The lowest BCUT2D eigenvalue weighted by atomic mass is 10.1. The molecule has 0 bridgehead atoms. The first-order valence-corrected chi connectivity index (χ1v) is 4.14. The van der Waals surface area contributed by atoms with Crippen LogP contribution in [-0.2, 0) is 4.79 Å². The van der Waals surface area contributed by atoms with Crippen LogP contribution in [0.1, 0.15) is 13.8 Å². The Hall–Kier alpha value is -0.830. The topological polar surface area (TPSA) is 41.1 Å². The van der Waals surface area contributed by atoms with Crippen LogP contribution in [-0.4, -0.2) is 26.0 Å². The predicted molar refractivity (Wildman–Crippen MR) is 50.9 cm³/mol. The summed E-state index contributed by atoms with van der Waals surface area (Å²) in [5, 5.41) is 5.74. The smallest absolute Gasteiger partial charge is 0.224 e. The number of hydrogen-bond acceptors (Lipinski definition) is 2. The third-order valence-corrected chi connectivity index (χ3v) is 1.52. The van der Waals surface area contributed by atoms with Gasteiger partial charge in [-0.05, 0) is 14.0 Å². The van der Waals surface area contributed by atoms with Crippen molar-refractivity contribution in [1.82, 2.24) is 10.6 Å². The van der Waals surface area contributed by atoms with Gasteiger partial charge < -0.3 is 10.6 Å². The Morgan fingerprint density at radius 2 is 2.17 bits per heavy atom. The molecule has 0 aliphatic heterocycles. The second-order valence-corrected chi connectivity index (χ2v) is 3.13. The highest BCUT2D eigenvalue weighted by Gasteiger charge is 2.09. The Morgan fingerprint density at radius 3 is 2.58 bits per heavy atom. The average Bonchev–Trinajstić information content (AvgIpc) is 2.00. The number of rotatable bonds is 5. The van der Waals surface area contributed by atoms with Gasteiger partial charge in [-0.2, -0.15) is 0 Å². The summed E-state index contributed by atoms with van der Waals surface area (Å²) in [6.07, 6.45) is 0. The van der Waals surface area contributed by atoms with Gasteiger partial charge in [-0.15, -0.1) is 0 Å². The molecule has 0 rings (SSSR count). The third-order valence-electron chi connectivity index (χ3n) is 1.52. The molecule has 2 N–H and O–H groups in total. The van der Waals surface area contributed by atoms with Gasteiger partial charge in [-0.25, -0.2) is 0 Å². The molecule has 3 nitrogen and oxygen atoms in total. The molecule has 1 amide bonds. The van der Waals surface area contributed by atoms with E-state index in [4.69, 9.17) is 0 Å². The van der Waals surface area contributed by atoms with Crippen LogP contribution in [0.2, 0.25) is 0 Å². The summed E-state index contributed by atoms with van der Waals surface area (Å²) in [6.45, 7) is 8.77. The summed E-state index contributed by atoms with van der Waals surface area (Å²) in [5.41, 5.74) is 0.972. The molecule has 0 radical (unpaired) electrons. The van der Waals surface area contributed by atoms with E-state index in [9.17, 15) is 4.79 Å². The minimum Gasteiger partial charge on any atom is -0.352 e. The largest absolute Gasteiger partial charge is 0.352 e. The Balaban J connectivity index is 3.64. The van der Waals surface area contributed by atoms with Crippen molar-refractivity contribution in [2.24, 2.45) is 5.92 Å². The summed E-state index contributed by atoms with van der Waals surface area (Å²) < 4.78 is 0. The molecule has 0 aromatic carbocycles. The number of carbonyl (C=O) groups is 1. The number of hydrogen-bond donors (Lipinski definition) is 2. The SMILES string of the molecule is C=C(C)CNC(=O)C(C)CNC. The first-order valence-electron chi connectivity index (χ1n) is 4.14. The molecular weight excluding hydrogens is 152 g/mol. The monoisotopic (exact) mass is 170 g/mol. The van der Waals surface area contributed by atoms with Crippen molar-refractivity contribution in [2.45, 2.75) is 13.8 Å². The van der Waals surface area contributed by atoms with Crippen molar-refractivity contribution < 1.29 is 4.79 Å². The maximum absolute atomic E-state index is 11.2. The lowest BCUT2D eigenvalue weighted by Gasteiger charge is -2.10. The van der Waals surface area contributed by atoms with Crippen molar-refractivity contribution in [3.05, 3.63) is 12.2 Å². The van der Waals surface area contributed by atoms with Crippen molar-refractivity contribution in [1.29, 1.82) is 0 Å². The van der Waals surface area contributed by atoms with E-state index in [0.717, 1.165) is 5.57 Å². The Kier molecular flexibility index (Phi) is 5.37. The lowest BCUT2D eigenvalue weighted by Crippen LogP contribution is -2.34. The van der Waals surface area contributed by atoms with Gasteiger partial charge >= 0.3 is 0 Å². The summed E-state index contributed by atoms with van der Waals surface area (Å²) >= 11 is 0. The molecular formula is C9H18N2O. The van der Waals surface area contributed by atoms with Crippen LogP contribution in [0.4, 0.5) is 0 Å². The van der Waals surface area contributed by atoms with Crippen LogP contribution in [0.15, 0.2) is 12.2 Å². The van der Waals surface area contributed by atoms with E-state index in [1.54, 1.807) is 0 Å². The first-order chi connectivity index (χ1) is 5.57. The second-order valence-electron chi connectivity index (χ2n) is 3.13. The van der Waals surface area contributed by atoms with E-state index in [-0.39, 0.29) is 11.8 Å². The van der Waals surface area contributed by atoms with Crippen LogP contribution in [0, 0.1) is 5.92 Å². The van der Waals surface area contributed by atoms with Crippen molar-refractivity contribution in [3.8, 4) is 0 Å². The van der Waals surface area contributed by atoms with E-state index in [0.29, 0.717) is 13.1 Å². The molecule has 0 spiro atoms. The number of amides is 1. The van der Waals surface area contributed by atoms with Gasteiger partial charge in [0.05, 0.1) is 0 Å². The summed E-state index contributed by atoms with van der Waals surface area (Å²) in [5.74, 6) is 0.0988. The molecule has 1 unspecified atom stereocenters. The van der Waals surface area contributed by atoms with Gasteiger partial charge in [0.1, 0.15) is 0 Å². The highest BCUT2D eigenvalue weighted by molar-refractivity contribution is 5.78. The minimum atomic E-state index is 0.0225. The predicted octanol–water partition coefficient (Wildman–Crippen LogP) is 0.534. The second kappa shape index (κ2) is 5.77. The van der Waals surface area contributed by atoms with Crippen LogP contribution in [0.3, 0.4) is 0 Å². The molecule has 12 heavy (non-hydrogen) atoms. The van der Waals surface area contributed by atoms with E-state index >= 15 is 0 Å². The molecule has 3 heteroatoms. The van der Waals surface area contributed by atoms with Gasteiger partial charge in [-0.1, -0.05) is 19.1 Å². The Bertz CT molecular complexity index is 166. The van der Waals surface area contributed by atoms with Crippen molar-refractivity contribution in [3.63, 3.8) is 0 Å². The molecule has 0 saturated heterocycles. The van der Waals surface area contributed by atoms with Gasteiger partial charge in [0.25, 0.3) is 0 Å². The van der Waals surface area contributed by atoms with Crippen LogP contribution >= 0.6 is 0 Å². The van der Waals surface area contributed by atoms with Crippen molar-refractivity contribution in [2.75, 3.05) is 20.1 Å². The minimum absolute atomic E-state index is 0.0225. The van der Waals surface area contributed by atoms with Crippen LogP contribution in [0.25, 0.3) is 0 Å². The zero-order valence-electron chi connectivity index (χ0n) is 8.11. The molecule has 0 saturated carbocycles. The zero-order chi connectivity index (χ0) is 9.56. The standard InChI is InChI=1S/C9H18N2O/c1-7(2)5-11-9(12)8(3)6-10-4/h8,10H,1,5-6H2,2-4H3,(H,11,12). The van der Waals surface area contributed by atoms with Crippen molar-refractivity contribution >= 4 is 5.91 Å². The van der Waals surface area contributed by atoms with E-state index in [1.807, 2.05) is 20.9 Å². The fraction of sp³-hybridized carbons (Fsp3) is 0.667. The fourth-order valence-electron chi connectivity index (χ4n) is 0.811. The quantitative estimate of drug-likeness (QED) is 0.591. The van der Waals surface area contributed by atoms with Gasteiger partial charge in [0, 0.05) is 19.0 Å². The van der Waals surface area contributed by atoms with Gasteiger partial charge in [-0.3, -0.25) is 4.79 Å². The van der Waals surface area contributed by atoms with E-state index in [1.165, 1.54) is 0 Å². The van der Waals surface area contributed by atoms with Crippen LogP contribution < -0.4 is 10.6 Å². The van der Waals surface area contributed by atoms with Gasteiger partial charge in [0.2, 0.25) is 5.91 Å². The highest BCUT2D eigenvalue weighted by Crippen LogP contribution is 1.92. The molecule has 0 aromatic heterocycles.